The van der Waals surface area contributed by atoms with Crippen molar-refractivity contribution >= 4 is 34.2 Å². The van der Waals surface area contributed by atoms with Gasteiger partial charge in [0.2, 0.25) is 0 Å². The topological polar surface area (TPSA) is 44.1 Å². The van der Waals surface area contributed by atoms with Crippen molar-refractivity contribution in [1.29, 1.82) is 0 Å². The molecule has 1 aliphatic heterocycles. The first kappa shape index (κ1) is 16.9. The number of allylic oxidation sites excluding steroid dienone is 1. The van der Waals surface area contributed by atoms with Crippen LogP contribution in [0.15, 0.2) is 47.3 Å². The van der Waals surface area contributed by atoms with Crippen LogP contribution in [0.25, 0.3) is 22.6 Å². The number of benzene rings is 2. The fourth-order valence-electron chi connectivity index (χ4n) is 3.28. The highest BCUT2D eigenvalue weighted by molar-refractivity contribution is 6.31. The molecule has 132 valence electrons. The van der Waals surface area contributed by atoms with Crippen molar-refractivity contribution in [1.82, 2.24) is 9.55 Å². The Hall–Kier alpha value is -2.59. The Balaban J connectivity index is 1.79. The highest BCUT2D eigenvalue weighted by Gasteiger charge is 2.21. The first-order valence-electron chi connectivity index (χ1n) is 8.69. The largest absolute Gasteiger partial charge is 0.491 e. The van der Waals surface area contributed by atoms with Gasteiger partial charge in [-0.2, -0.15) is 0 Å². The van der Waals surface area contributed by atoms with Crippen LogP contribution in [0, 0.1) is 0 Å². The molecule has 1 aliphatic rings. The number of fused-ring (bicyclic) bond motifs is 2. The first-order valence-corrected chi connectivity index (χ1v) is 9.07. The first-order chi connectivity index (χ1) is 12.5. The maximum absolute atomic E-state index is 12.7. The summed E-state index contributed by atoms with van der Waals surface area (Å²) in [5.74, 6) is 1.56. The van der Waals surface area contributed by atoms with Crippen molar-refractivity contribution in [3.05, 3.63) is 69.2 Å². The minimum Gasteiger partial charge on any atom is -0.491 e. The number of nitrogens with zero attached hydrogens (tertiary/aromatic N) is 2. The summed E-state index contributed by atoms with van der Waals surface area (Å²) < 4.78 is 7.51. The zero-order valence-electron chi connectivity index (χ0n) is 14.7. The van der Waals surface area contributed by atoms with Crippen molar-refractivity contribution in [3.8, 4) is 5.75 Å². The fourth-order valence-corrected chi connectivity index (χ4v) is 3.44. The number of ether oxygens (including phenoxy) is 1. The van der Waals surface area contributed by atoms with Crippen molar-refractivity contribution < 1.29 is 4.74 Å². The van der Waals surface area contributed by atoms with Gasteiger partial charge in [-0.25, -0.2) is 4.98 Å². The van der Waals surface area contributed by atoms with E-state index in [1.54, 1.807) is 22.8 Å². The molecule has 26 heavy (non-hydrogen) atoms. The number of halogens is 1. The monoisotopic (exact) mass is 366 g/mol. The number of hydrogen-bond donors (Lipinski definition) is 0. The van der Waals surface area contributed by atoms with E-state index in [-0.39, 0.29) is 11.7 Å². The molecule has 0 aliphatic carbocycles. The van der Waals surface area contributed by atoms with Crippen LogP contribution in [-0.2, 0) is 6.54 Å². The van der Waals surface area contributed by atoms with E-state index in [0.717, 1.165) is 29.1 Å². The van der Waals surface area contributed by atoms with Crippen molar-refractivity contribution in [2.45, 2.75) is 32.9 Å². The van der Waals surface area contributed by atoms with Gasteiger partial charge in [0.25, 0.3) is 5.56 Å². The molecule has 3 aromatic rings. The summed E-state index contributed by atoms with van der Waals surface area (Å²) in [6, 6.07) is 13.2. The molecule has 4 rings (SSSR count). The smallest absolute Gasteiger partial charge is 0.261 e. The van der Waals surface area contributed by atoms with E-state index in [0.29, 0.717) is 22.5 Å². The van der Waals surface area contributed by atoms with Gasteiger partial charge < -0.3 is 4.74 Å². The lowest BCUT2D eigenvalue weighted by atomic mass is 10.1. The third-order valence-corrected chi connectivity index (χ3v) is 4.62. The maximum atomic E-state index is 12.7. The molecule has 2 heterocycles. The second-order valence-corrected chi connectivity index (χ2v) is 7.15. The quantitative estimate of drug-likeness (QED) is 0.670. The highest BCUT2D eigenvalue weighted by atomic mass is 35.5. The van der Waals surface area contributed by atoms with Crippen LogP contribution < -0.4 is 10.3 Å². The molecule has 0 amide bonds. The second kappa shape index (κ2) is 6.61. The molecule has 0 saturated heterocycles. The third-order valence-electron chi connectivity index (χ3n) is 4.38. The summed E-state index contributed by atoms with van der Waals surface area (Å²) in [4.78, 5) is 17.4. The molecule has 0 bridgehead atoms. The van der Waals surface area contributed by atoms with Gasteiger partial charge >= 0.3 is 0 Å². The molecule has 0 unspecified atom stereocenters. The lowest BCUT2D eigenvalue weighted by molar-refractivity contribution is 0.242. The fraction of sp³-hybridized carbons (Fsp3) is 0.238. The van der Waals surface area contributed by atoms with Crippen LogP contribution in [0.3, 0.4) is 0 Å². The lowest BCUT2D eigenvalue weighted by Gasteiger charge is -2.10. The molecule has 4 nitrogen and oxygen atoms in total. The molecule has 0 saturated carbocycles. The molecule has 1 aromatic heterocycles. The summed E-state index contributed by atoms with van der Waals surface area (Å²) in [5.41, 5.74) is 2.71. The number of rotatable bonds is 3. The maximum Gasteiger partial charge on any atom is 0.261 e. The Labute approximate surface area is 156 Å². The van der Waals surface area contributed by atoms with Crippen LogP contribution in [-0.4, -0.2) is 15.7 Å². The molecular formula is C21H19ClN2O2. The van der Waals surface area contributed by atoms with Crippen molar-refractivity contribution in [2.24, 2.45) is 0 Å². The van der Waals surface area contributed by atoms with Crippen molar-refractivity contribution in [2.75, 3.05) is 0 Å². The summed E-state index contributed by atoms with van der Waals surface area (Å²) in [6.45, 7) is 4.66. The van der Waals surface area contributed by atoms with Gasteiger partial charge in [0, 0.05) is 11.6 Å². The van der Waals surface area contributed by atoms with E-state index >= 15 is 0 Å². The Kier molecular flexibility index (Phi) is 4.29. The van der Waals surface area contributed by atoms with Crippen molar-refractivity contribution in [3.63, 3.8) is 0 Å². The van der Waals surface area contributed by atoms with Crippen LogP contribution in [0.1, 0.15) is 31.7 Å². The van der Waals surface area contributed by atoms with E-state index in [4.69, 9.17) is 21.3 Å². The minimum absolute atomic E-state index is 0.0121. The predicted octanol–water partition coefficient (Wildman–Crippen LogP) is 4.78. The standard InChI is InChI=1S/C21H19ClN2O2/c1-13(2)26-17-5-3-4-14(11-17)10-15-8-9-24-20(15)23-19-12-16(22)6-7-18(19)21(24)25/h3-7,10-13H,8-9H2,1-2H3/b15-10-. The van der Waals surface area contributed by atoms with Gasteiger partial charge in [0.1, 0.15) is 11.6 Å². The zero-order chi connectivity index (χ0) is 18.3. The molecule has 0 spiro atoms. The van der Waals surface area contributed by atoms with E-state index in [2.05, 4.69) is 6.08 Å². The Morgan fingerprint density at radius 2 is 2.08 bits per heavy atom. The molecule has 2 aromatic carbocycles. The van der Waals surface area contributed by atoms with Gasteiger partial charge in [-0.1, -0.05) is 23.7 Å². The lowest BCUT2D eigenvalue weighted by Crippen LogP contribution is -2.20. The van der Waals surface area contributed by atoms with Crippen LogP contribution in [0.2, 0.25) is 5.02 Å². The van der Waals surface area contributed by atoms with E-state index in [1.165, 1.54) is 0 Å². The Morgan fingerprint density at radius 3 is 2.88 bits per heavy atom. The molecule has 0 fully saturated rings. The molecule has 0 N–H and O–H groups in total. The average molecular weight is 367 g/mol. The summed E-state index contributed by atoms with van der Waals surface area (Å²) >= 11 is 6.07. The minimum atomic E-state index is -0.0121. The molecule has 0 atom stereocenters. The molecule has 5 heteroatoms. The summed E-state index contributed by atoms with van der Waals surface area (Å²) in [7, 11) is 0. The van der Waals surface area contributed by atoms with Gasteiger partial charge in [-0.15, -0.1) is 0 Å². The van der Waals surface area contributed by atoms with E-state index in [1.807, 2.05) is 38.1 Å². The van der Waals surface area contributed by atoms with Gasteiger partial charge in [-0.3, -0.25) is 9.36 Å². The number of aromatic nitrogens is 2. The second-order valence-electron chi connectivity index (χ2n) is 6.71. The zero-order valence-corrected chi connectivity index (χ0v) is 15.5. The summed E-state index contributed by atoms with van der Waals surface area (Å²) in [5, 5.41) is 1.18. The van der Waals surface area contributed by atoms with Gasteiger partial charge in [0.15, 0.2) is 0 Å². The number of hydrogen-bond acceptors (Lipinski definition) is 3. The van der Waals surface area contributed by atoms with Crippen LogP contribution in [0.4, 0.5) is 0 Å². The van der Waals surface area contributed by atoms with Crippen LogP contribution in [0.5, 0.6) is 5.75 Å². The van der Waals surface area contributed by atoms with Crippen LogP contribution >= 0.6 is 11.6 Å². The molecule has 0 radical (unpaired) electrons. The summed E-state index contributed by atoms with van der Waals surface area (Å²) in [6.07, 6.45) is 2.98. The third kappa shape index (κ3) is 3.13. The SMILES string of the molecule is CC(C)Oc1cccc(/C=C2/CCn3c2nc2cc(Cl)ccc2c3=O)c1. The Bertz CT molecular complexity index is 1080. The normalized spacial score (nSPS) is 15.0. The Morgan fingerprint density at radius 1 is 1.23 bits per heavy atom. The average Bonchev–Trinajstić information content (AvgIpc) is 2.97. The van der Waals surface area contributed by atoms with E-state index < -0.39 is 0 Å². The highest BCUT2D eigenvalue weighted by Crippen LogP contribution is 2.29. The van der Waals surface area contributed by atoms with Gasteiger partial charge in [-0.05, 0) is 67.8 Å². The predicted molar refractivity (Wildman–Crippen MR) is 106 cm³/mol. The molecular weight excluding hydrogens is 348 g/mol. The van der Waals surface area contributed by atoms with Gasteiger partial charge in [0.05, 0.1) is 17.0 Å². The van der Waals surface area contributed by atoms with E-state index in [9.17, 15) is 4.79 Å².